The molecule has 5 nitrogen and oxygen atoms in total. The molecule has 2 aromatic carbocycles. The molecule has 0 atom stereocenters. The molecular weight excluding hydrogens is 407 g/mol. The Labute approximate surface area is 179 Å². The summed E-state index contributed by atoms with van der Waals surface area (Å²) in [5, 5.41) is 3.99. The predicted octanol–water partition coefficient (Wildman–Crippen LogP) is 4.44. The zero-order valence-corrected chi connectivity index (χ0v) is 17.2. The van der Waals surface area contributed by atoms with Crippen molar-refractivity contribution in [3.05, 3.63) is 75.8 Å². The van der Waals surface area contributed by atoms with Gasteiger partial charge >= 0.3 is 0 Å². The molecule has 4 rings (SSSR count). The molecule has 0 saturated heterocycles. The van der Waals surface area contributed by atoms with Gasteiger partial charge in [0.1, 0.15) is 5.82 Å². The summed E-state index contributed by atoms with van der Waals surface area (Å²) in [5.74, 6) is 0.734. The van der Waals surface area contributed by atoms with Crippen molar-refractivity contribution in [2.75, 3.05) is 24.5 Å². The third kappa shape index (κ3) is 4.08. The molecule has 1 aliphatic heterocycles. The fraction of sp³-hybridized carbons (Fsp3) is 0.182. The third-order valence-corrected chi connectivity index (χ3v) is 5.41. The zero-order valence-electron chi connectivity index (χ0n) is 15.7. The summed E-state index contributed by atoms with van der Waals surface area (Å²) in [6.45, 7) is 1.65. The van der Waals surface area contributed by atoms with Crippen LogP contribution in [0.2, 0.25) is 10.0 Å². The highest BCUT2D eigenvalue weighted by Gasteiger charge is 2.24. The van der Waals surface area contributed by atoms with Crippen LogP contribution in [0.5, 0.6) is 0 Å². The quantitative estimate of drug-likeness (QED) is 0.632. The first-order chi connectivity index (χ1) is 14.1. The van der Waals surface area contributed by atoms with E-state index in [-0.39, 0.29) is 5.91 Å². The number of benzene rings is 2. The minimum Gasteiger partial charge on any atom is -0.351 e. The molecule has 0 unspecified atom stereocenters. The monoisotopic (exact) mass is 426 g/mol. The number of fused-ring (bicyclic) bond motifs is 1. The smallest absolute Gasteiger partial charge is 0.251 e. The average Bonchev–Trinajstić information content (AvgIpc) is 3.15. The van der Waals surface area contributed by atoms with E-state index in [9.17, 15) is 4.79 Å². The topological polar surface area (TPSA) is 71.2 Å². The second-order valence-corrected chi connectivity index (χ2v) is 7.65. The van der Waals surface area contributed by atoms with Crippen molar-refractivity contribution in [2.24, 2.45) is 5.73 Å². The summed E-state index contributed by atoms with van der Waals surface area (Å²) < 4.78 is 0. The van der Waals surface area contributed by atoms with Crippen LogP contribution in [0.1, 0.15) is 15.9 Å². The summed E-state index contributed by atoms with van der Waals surface area (Å²) in [4.78, 5) is 19.3. The first-order valence-corrected chi connectivity index (χ1v) is 10.1. The van der Waals surface area contributed by atoms with Crippen molar-refractivity contribution in [1.82, 2.24) is 10.3 Å². The molecule has 1 amide bonds. The zero-order chi connectivity index (χ0) is 20.4. The van der Waals surface area contributed by atoms with Gasteiger partial charge < -0.3 is 16.0 Å². The molecule has 2 heterocycles. The number of halogens is 2. The van der Waals surface area contributed by atoms with Gasteiger partial charge in [-0.2, -0.15) is 0 Å². The molecule has 1 aliphatic rings. The van der Waals surface area contributed by atoms with Crippen LogP contribution in [0.15, 0.2) is 54.6 Å². The third-order valence-electron chi connectivity index (χ3n) is 4.87. The van der Waals surface area contributed by atoms with Crippen molar-refractivity contribution in [3.8, 4) is 11.3 Å². The SMILES string of the molecule is NCCNC(=O)c1cccc(-c2ccc3c(n2)N(c2ccc(Cl)cc2Cl)CC3)c1. The van der Waals surface area contributed by atoms with Crippen molar-refractivity contribution in [3.63, 3.8) is 0 Å². The Bertz CT molecular complexity index is 1070. The molecule has 0 saturated carbocycles. The van der Waals surface area contributed by atoms with Crippen LogP contribution in [-0.4, -0.2) is 30.5 Å². The maximum atomic E-state index is 12.3. The summed E-state index contributed by atoms with van der Waals surface area (Å²) in [6, 6.07) is 17.0. The lowest BCUT2D eigenvalue weighted by atomic mass is 10.1. The number of nitrogens with two attached hydrogens (primary N) is 1. The lowest BCUT2D eigenvalue weighted by molar-refractivity contribution is 0.0955. The largest absolute Gasteiger partial charge is 0.351 e. The van der Waals surface area contributed by atoms with Crippen LogP contribution in [0, 0.1) is 0 Å². The van der Waals surface area contributed by atoms with Crippen LogP contribution in [0.3, 0.4) is 0 Å². The Morgan fingerprint density at radius 2 is 2.00 bits per heavy atom. The van der Waals surface area contributed by atoms with Gasteiger partial charge in [0.05, 0.1) is 16.4 Å². The number of carbonyl (C=O) groups is 1. The number of nitrogens with one attached hydrogen (secondary N) is 1. The molecule has 0 fully saturated rings. The van der Waals surface area contributed by atoms with Gasteiger partial charge in [-0.1, -0.05) is 41.4 Å². The Balaban J connectivity index is 1.67. The van der Waals surface area contributed by atoms with Gasteiger partial charge in [0.25, 0.3) is 5.91 Å². The highest BCUT2D eigenvalue weighted by molar-refractivity contribution is 6.36. The summed E-state index contributed by atoms with van der Waals surface area (Å²) in [7, 11) is 0. The molecule has 0 aliphatic carbocycles. The van der Waals surface area contributed by atoms with Crippen molar-refractivity contribution in [1.29, 1.82) is 0 Å². The summed E-state index contributed by atoms with van der Waals surface area (Å²) in [6.07, 6.45) is 0.892. The molecule has 0 bridgehead atoms. The number of amides is 1. The maximum absolute atomic E-state index is 12.3. The molecule has 0 radical (unpaired) electrons. The highest BCUT2D eigenvalue weighted by atomic mass is 35.5. The Kier molecular flexibility index (Phi) is 5.72. The van der Waals surface area contributed by atoms with Gasteiger partial charge in [-0.05, 0) is 48.4 Å². The summed E-state index contributed by atoms with van der Waals surface area (Å²) in [5.41, 5.74) is 9.77. The van der Waals surface area contributed by atoms with Crippen LogP contribution in [-0.2, 0) is 6.42 Å². The number of carbonyl (C=O) groups excluding carboxylic acids is 1. The second kappa shape index (κ2) is 8.41. The van der Waals surface area contributed by atoms with Gasteiger partial charge in [0.15, 0.2) is 0 Å². The molecule has 0 spiro atoms. The van der Waals surface area contributed by atoms with E-state index < -0.39 is 0 Å². The number of hydrogen-bond donors (Lipinski definition) is 2. The Morgan fingerprint density at radius 1 is 1.14 bits per heavy atom. The van der Waals surface area contributed by atoms with Gasteiger partial charge in [0.2, 0.25) is 0 Å². The van der Waals surface area contributed by atoms with E-state index in [1.165, 1.54) is 0 Å². The normalized spacial score (nSPS) is 12.7. The lowest BCUT2D eigenvalue weighted by Crippen LogP contribution is -2.28. The number of aromatic nitrogens is 1. The van der Waals surface area contributed by atoms with E-state index in [4.69, 9.17) is 33.9 Å². The average molecular weight is 427 g/mol. The van der Waals surface area contributed by atoms with Crippen LogP contribution in [0.25, 0.3) is 11.3 Å². The van der Waals surface area contributed by atoms with Crippen molar-refractivity contribution < 1.29 is 4.79 Å². The van der Waals surface area contributed by atoms with E-state index in [0.29, 0.717) is 28.7 Å². The fourth-order valence-electron chi connectivity index (χ4n) is 3.45. The highest BCUT2D eigenvalue weighted by Crippen LogP contribution is 2.39. The molecular formula is C22H20Cl2N4O. The van der Waals surface area contributed by atoms with Crippen molar-refractivity contribution >= 4 is 40.6 Å². The molecule has 1 aromatic heterocycles. The molecule has 3 aromatic rings. The molecule has 29 heavy (non-hydrogen) atoms. The van der Waals surface area contributed by atoms with Crippen LogP contribution in [0.4, 0.5) is 11.5 Å². The van der Waals surface area contributed by atoms with E-state index in [0.717, 1.165) is 41.3 Å². The number of pyridine rings is 1. The van der Waals surface area contributed by atoms with Gasteiger partial charge in [-0.15, -0.1) is 0 Å². The number of rotatable bonds is 5. The predicted molar refractivity (Wildman–Crippen MR) is 118 cm³/mol. The van der Waals surface area contributed by atoms with Crippen molar-refractivity contribution in [2.45, 2.75) is 6.42 Å². The lowest BCUT2D eigenvalue weighted by Gasteiger charge is -2.20. The van der Waals surface area contributed by atoms with Gasteiger partial charge in [0, 0.05) is 35.8 Å². The minimum atomic E-state index is -0.145. The maximum Gasteiger partial charge on any atom is 0.251 e. The molecule has 148 valence electrons. The van der Waals surface area contributed by atoms with E-state index in [1.807, 2.05) is 36.4 Å². The van der Waals surface area contributed by atoms with Crippen LogP contribution < -0.4 is 16.0 Å². The van der Waals surface area contributed by atoms with E-state index in [1.54, 1.807) is 12.1 Å². The number of hydrogen-bond acceptors (Lipinski definition) is 4. The number of anilines is 2. The number of nitrogens with zero attached hydrogens (tertiary/aromatic N) is 2. The van der Waals surface area contributed by atoms with E-state index in [2.05, 4.69) is 16.3 Å². The van der Waals surface area contributed by atoms with E-state index >= 15 is 0 Å². The minimum absolute atomic E-state index is 0.145. The Morgan fingerprint density at radius 3 is 2.79 bits per heavy atom. The van der Waals surface area contributed by atoms with Crippen LogP contribution >= 0.6 is 23.2 Å². The summed E-state index contributed by atoms with van der Waals surface area (Å²) >= 11 is 12.5. The molecule has 7 heteroatoms. The van der Waals surface area contributed by atoms with Gasteiger partial charge in [-0.3, -0.25) is 4.79 Å². The first-order valence-electron chi connectivity index (χ1n) is 9.38. The standard InChI is InChI=1S/C22H20Cl2N4O/c23-17-5-7-20(18(24)13-17)28-11-8-14-4-6-19(27-21(14)28)15-2-1-3-16(12-15)22(29)26-10-9-25/h1-7,12-13H,8-11,25H2,(H,26,29). The molecule has 3 N–H and O–H groups in total. The Hall–Kier alpha value is -2.60. The first kappa shape index (κ1) is 19.7. The fourth-order valence-corrected chi connectivity index (χ4v) is 3.96. The van der Waals surface area contributed by atoms with Gasteiger partial charge in [-0.25, -0.2) is 4.98 Å². The second-order valence-electron chi connectivity index (χ2n) is 6.80.